The van der Waals surface area contributed by atoms with Crippen LogP contribution in [0.25, 0.3) is 27.5 Å². The van der Waals surface area contributed by atoms with Crippen LogP contribution in [0.1, 0.15) is 12.8 Å². The van der Waals surface area contributed by atoms with E-state index in [-0.39, 0.29) is 25.3 Å². The maximum absolute atomic E-state index is 13.1. The van der Waals surface area contributed by atoms with E-state index in [2.05, 4.69) is 25.4 Å². The fourth-order valence-electron chi connectivity index (χ4n) is 3.55. The molecule has 7 nitrogen and oxygen atoms in total. The predicted molar refractivity (Wildman–Crippen MR) is 104 cm³/mol. The number of benzene rings is 1. The standard InChI is InChI=1S/C20H17F3N6O/c1-30-17-14-8-12(2-3-15(14)26-11-27-17)13-4-7-29-16(13)9-24-18(28-29)25-10-19(5-6-19)20(21,22)23/h2-4,7-9,11H,5-6,10H2,1H3,(H,25,28). The molecule has 3 aromatic heterocycles. The number of anilines is 1. The lowest BCUT2D eigenvalue weighted by Crippen LogP contribution is -2.32. The van der Waals surface area contributed by atoms with Crippen LogP contribution in [-0.2, 0) is 0 Å². The number of aromatic nitrogens is 5. The predicted octanol–water partition coefficient (Wildman–Crippen LogP) is 4.10. The molecule has 0 spiro atoms. The van der Waals surface area contributed by atoms with Gasteiger partial charge in [-0.2, -0.15) is 13.2 Å². The van der Waals surface area contributed by atoms with Gasteiger partial charge in [0.05, 0.1) is 35.1 Å². The van der Waals surface area contributed by atoms with E-state index in [1.54, 1.807) is 24.0 Å². The summed E-state index contributed by atoms with van der Waals surface area (Å²) in [6.45, 7) is -0.222. The minimum atomic E-state index is -4.22. The van der Waals surface area contributed by atoms with Crippen molar-refractivity contribution >= 4 is 22.4 Å². The monoisotopic (exact) mass is 414 g/mol. The summed E-state index contributed by atoms with van der Waals surface area (Å²) in [6.07, 6.45) is 0.841. The third-order valence-electron chi connectivity index (χ3n) is 5.56. The molecule has 1 N–H and O–H groups in total. The van der Waals surface area contributed by atoms with Crippen molar-refractivity contribution in [2.24, 2.45) is 5.41 Å². The summed E-state index contributed by atoms with van der Waals surface area (Å²) < 4.78 is 46.2. The minimum absolute atomic E-state index is 0.133. The molecule has 0 atom stereocenters. The average Bonchev–Trinajstić information content (AvgIpc) is 3.44. The first-order valence-corrected chi connectivity index (χ1v) is 9.34. The molecule has 1 saturated carbocycles. The number of fused-ring (bicyclic) bond motifs is 2. The second-order valence-corrected chi connectivity index (χ2v) is 7.39. The number of rotatable bonds is 5. The van der Waals surface area contributed by atoms with Gasteiger partial charge in [-0.3, -0.25) is 0 Å². The third kappa shape index (κ3) is 2.99. The lowest BCUT2D eigenvalue weighted by atomic mass is 10.1. The van der Waals surface area contributed by atoms with Gasteiger partial charge >= 0.3 is 6.18 Å². The van der Waals surface area contributed by atoms with Crippen LogP contribution in [0.3, 0.4) is 0 Å². The van der Waals surface area contributed by atoms with E-state index in [9.17, 15) is 13.2 Å². The summed E-state index contributed by atoms with van der Waals surface area (Å²) in [5, 5.41) is 7.82. The van der Waals surface area contributed by atoms with Gasteiger partial charge in [-0.25, -0.2) is 19.5 Å². The Labute approximate surface area is 168 Å². The SMILES string of the molecule is COc1ncnc2ccc(-c3ccn4nc(NCC5(C(F)(F)F)CC5)ncc34)cc12. The highest BCUT2D eigenvalue weighted by Crippen LogP contribution is 2.57. The van der Waals surface area contributed by atoms with E-state index in [0.29, 0.717) is 5.88 Å². The molecule has 1 aromatic carbocycles. The molecule has 1 fully saturated rings. The van der Waals surface area contributed by atoms with Crippen LogP contribution in [-0.4, -0.2) is 44.4 Å². The molecule has 30 heavy (non-hydrogen) atoms. The number of alkyl halides is 3. The van der Waals surface area contributed by atoms with E-state index >= 15 is 0 Å². The number of hydrogen-bond donors (Lipinski definition) is 1. The zero-order valence-corrected chi connectivity index (χ0v) is 15.9. The van der Waals surface area contributed by atoms with Gasteiger partial charge in [-0.05, 0) is 36.6 Å². The highest BCUT2D eigenvalue weighted by molar-refractivity contribution is 5.91. The first-order chi connectivity index (χ1) is 14.4. The highest BCUT2D eigenvalue weighted by atomic mass is 19.4. The van der Waals surface area contributed by atoms with E-state index in [1.807, 2.05) is 24.3 Å². The maximum Gasteiger partial charge on any atom is 0.396 e. The third-order valence-corrected chi connectivity index (χ3v) is 5.56. The zero-order chi connectivity index (χ0) is 20.9. The molecule has 0 unspecified atom stereocenters. The van der Waals surface area contributed by atoms with Crippen LogP contribution in [0.4, 0.5) is 19.1 Å². The van der Waals surface area contributed by atoms with Gasteiger partial charge in [0.25, 0.3) is 0 Å². The van der Waals surface area contributed by atoms with Crippen LogP contribution in [0, 0.1) is 5.41 Å². The normalized spacial score (nSPS) is 15.5. The van der Waals surface area contributed by atoms with Crippen LogP contribution in [0.15, 0.2) is 43.0 Å². The summed E-state index contributed by atoms with van der Waals surface area (Å²) in [6, 6.07) is 7.61. The van der Waals surface area contributed by atoms with Crippen LogP contribution < -0.4 is 10.1 Å². The summed E-state index contributed by atoms with van der Waals surface area (Å²) in [7, 11) is 1.55. The number of ether oxygens (including phenoxy) is 1. The van der Waals surface area contributed by atoms with Gasteiger partial charge in [0.2, 0.25) is 11.8 Å². The average molecular weight is 414 g/mol. The second kappa shape index (κ2) is 6.54. The number of halogens is 3. The van der Waals surface area contributed by atoms with Gasteiger partial charge in [-0.15, -0.1) is 5.10 Å². The molecule has 1 aliphatic rings. The van der Waals surface area contributed by atoms with Gasteiger partial charge in [0.1, 0.15) is 6.33 Å². The molecular formula is C20H17F3N6O. The topological polar surface area (TPSA) is 77.2 Å². The Kier molecular flexibility index (Phi) is 4.05. The Morgan fingerprint density at radius 3 is 2.73 bits per heavy atom. The molecule has 0 radical (unpaired) electrons. The molecule has 5 rings (SSSR count). The van der Waals surface area contributed by atoms with Gasteiger partial charge in [-0.1, -0.05) is 6.07 Å². The number of hydrogen-bond acceptors (Lipinski definition) is 6. The largest absolute Gasteiger partial charge is 0.480 e. The highest BCUT2D eigenvalue weighted by Gasteiger charge is 2.62. The summed E-state index contributed by atoms with van der Waals surface area (Å²) >= 11 is 0. The smallest absolute Gasteiger partial charge is 0.396 e. The van der Waals surface area contributed by atoms with Crippen LogP contribution >= 0.6 is 0 Å². The Balaban J connectivity index is 1.45. The maximum atomic E-state index is 13.1. The molecule has 0 amide bonds. The molecular weight excluding hydrogens is 397 g/mol. The van der Waals surface area contributed by atoms with E-state index in [4.69, 9.17) is 4.74 Å². The van der Waals surface area contributed by atoms with E-state index in [0.717, 1.165) is 27.5 Å². The number of nitrogens with one attached hydrogen (secondary N) is 1. The number of methoxy groups -OCH3 is 1. The lowest BCUT2D eigenvalue weighted by molar-refractivity contribution is -0.182. The quantitative estimate of drug-likeness (QED) is 0.530. The summed E-state index contributed by atoms with van der Waals surface area (Å²) in [5.74, 6) is 0.639. The van der Waals surface area contributed by atoms with E-state index in [1.165, 1.54) is 6.33 Å². The number of nitrogens with zero attached hydrogens (tertiary/aromatic N) is 5. The van der Waals surface area contributed by atoms with Crippen LogP contribution in [0.2, 0.25) is 0 Å². The van der Waals surface area contributed by atoms with Gasteiger partial charge in [0, 0.05) is 18.3 Å². The molecule has 1 aliphatic carbocycles. The molecule has 4 aromatic rings. The Morgan fingerprint density at radius 1 is 1.17 bits per heavy atom. The van der Waals surface area contributed by atoms with Crippen molar-refractivity contribution in [2.45, 2.75) is 19.0 Å². The van der Waals surface area contributed by atoms with Crippen molar-refractivity contribution in [1.82, 2.24) is 24.6 Å². The fraction of sp³-hybridized carbons (Fsp3) is 0.300. The van der Waals surface area contributed by atoms with E-state index < -0.39 is 11.6 Å². The Bertz CT molecular complexity index is 1250. The van der Waals surface area contributed by atoms with Crippen molar-refractivity contribution in [3.63, 3.8) is 0 Å². The molecule has 0 aliphatic heterocycles. The molecule has 10 heteroatoms. The van der Waals surface area contributed by atoms with Gasteiger partial charge < -0.3 is 10.1 Å². The Hall–Kier alpha value is -3.43. The fourth-order valence-corrected chi connectivity index (χ4v) is 3.55. The summed E-state index contributed by atoms with van der Waals surface area (Å²) in [4.78, 5) is 12.6. The van der Waals surface area contributed by atoms with Crippen molar-refractivity contribution in [3.8, 4) is 17.0 Å². The van der Waals surface area contributed by atoms with Crippen molar-refractivity contribution in [3.05, 3.63) is 43.0 Å². The summed E-state index contributed by atoms with van der Waals surface area (Å²) in [5.41, 5.74) is 1.61. The molecule has 0 bridgehead atoms. The second-order valence-electron chi connectivity index (χ2n) is 7.39. The Morgan fingerprint density at radius 2 is 2.00 bits per heavy atom. The minimum Gasteiger partial charge on any atom is -0.480 e. The molecule has 0 saturated heterocycles. The molecule has 154 valence electrons. The van der Waals surface area contributed by atoms with Crippen molar-refractivity contribution in [2.75, 3.05) is 19.0 Å². The first kappa shape index (κ1) is 18.6. The zero-order valence-electron chi connectivity index (χ0n) is 15.9. The van der Waals surface area contributed by atoms with Gasteiger partial charge in [0.15, 0.2) is 0 Å². The molecule has 3 heterocycles. The van der Waals surface area contributed by atoms with Crippen molar-refractivity contribution in [1.29, 1.82) is 0 Å². The van der Waals surface area contributed by atoms with Crippen molar-refractivity contribution < 1.29 is 17.9 Å². The first-order valence-electron chi connectivity index (χ1n) is 9.34. The van der Waals surface area contributed by atoms with Crippen LogP contribution in [0.5, 0.6) is 5.88 Å². The lowest BCUT2D eigenvalue weighted by Gasteiger charge is -2.19.